The Hall–Kier alpha value is -4.22. The fourth-order valence-corrected chi connectivity index (χ4v) is 6.36. The van der Waals surface area contributed by atoms with Gasteiger partial charge in [0, 0.05) is 25.6 Å². The number of carbonyl (C=O) groups is 1. The van der Waals surface area contributed by atoms with Gasteiger partial charge in [0.15, 0.2) is 23.5 Å². The first-order valence-corrected chi connectivity index (χ1v) is 16.2. The topological polar surface area (TPSA) is 135 Å². The molecule has 4 aromatic rings. The van der Waals surface area contributed by atoms with Gasteiger partial charge in [-0.25, -0.2) is 4.98 Å². The minimum Gasteiger partial charge on any atom is -0.402 e. The third-order valence-corrected chi connectivity index (χ3v) is 8.79. The minimum absolute atomic E-state index is 0.0567. The predicted molar refractivity (Wildman–Crippen MR) is 173 cm³/mol. The number of benzene rings is 2. The van der Waals surface area contributed by atoms with Crippen LogP contribution in [0.15, 0.2) is 67.0 Å². The number of rotatable bonds is 13. The number of ether oxygens (including phenoxy) is 1. The van der Waals surface area contributed by atoms with Gasteiger partial charge in [0.1, 0.15) is 12.4 Å². The second-order valence-electron chi connectivity index (χ2n) is 11.9. The van der Waals surface area contributed by atoms with Gasteiger partial charge in [-0.1, -0.05) is 92.8 Å². The quantitative estimate of drug-likeness (QED) is 0.175. The molecule has 0 spiro atoms. The zero-order valence-corrected chi connectivity index (χ0v) is 25.8. The van der Waals surface area contributed by atoms with Crippen LogP contribution in [0.2, 0.25) is 0 Å². The van der Waals surface area contributed by atoms with Gasteiger partial charge in [-0.05, 0) is 30.4 Å². The van der Waals surface area contributed by atoms with E-state index in [1.165, 1.54) is 54.3 Å². The monoisotopic (exact) mass is 613 g/mol. The summed E-state index contributed by atoms with van der Waals surface area (Å²) in [4.78, 5) is 32.7. The van der Waals surface area contributed by atoms with Crippen LogP contribution >= 0.6 is 0 Å². The first-order valence-electron chi connectivity index (χ1n) is 16.2. The van der Waals surface area contributed by atoms with Crippen molar-refractivity contribution in [2.75, 3.05) is 36.9 Å². The Morgan fingerprint density at radius 2 is 1.73 bits per heavy atom. The summed E-state index contributed by atoms with van der Waals surface area (Å²) in [5, 5.41) is 20.5. The molecule has 1 saturated heterocycles. The van der Waals surface area contributed by atoms with Crippen molar-refractivity contribution < 1.29 is 19.5 Å². The van der Waals surface area contributed by atoms with Crippen LogP contribution < -0.4 is 20.8 Å². The zero-order valence-electron chi connectivity index (χ0n) is 25.8. The third kappa shape index (κ3) is 7.37. The van der Waals surface area contributed by atoms with Gasteiger partial charge < -0.3 is 30.6 Å². The van der Waals surface area contributed by atoms with Crippen molar-refractivity contribution in [1.82, 2.24) is 25.0 Å². The molecule has 4 N–H and O–H groups in total. The number of nitrogens with zero attached hydrogens (tertiary/aromatic N) is 4. The number of hydrogen-bond donors (Lipinski definition) is 4. The minimum atomic E-state index is -1.14. The van der Waals surface area contributed by atoms with Crippen molar-refractivity contribution in [3.05, 3.63) is 78.1 Å². The van der Waals surface area contributed by atoms with Gasteiger partial charge in [-0.3, -0.25) is 4.79 Å². The SMILES string of the molecule is CCNC(=O)[C@H]1OC[C@H](On2cnc3c(NCC(c4ccccc4)c4ccccc4)nc(NCCC4CCCCC4)nc32)[C@@H]1O. The highest BCUT2D eigenvalue weighted by Crippen LogP contribution is 2.29. The van der Waals surface area contributed by atoms with Gasteiger partial charge in [-0.2, -0.15) is 14.7 Å². The van der Waals surface area contributed by atoms with E-state index in [2.05, 4.69) is 69.5 Å². The van der Waals surface area contributed by atoms with Crippen molar-refractivity contribution in [1.29, 1.82) is 0 Å². The highest BCUT2D eigenvalue weighted by Gasteiger charge is 2.42. The number of fused-ring (bicyclic) bond motifs is 1. The standard InChI is InChI=1S/C34H43N7O4/c1-2-35-33(43)30-29(42)27(21-44-30)45-41-22-38-28-31(39-34(40-32(28)41)36-19-18-23-12-6-3-7-13-23)37-20-26(24-14-8-4-9-15-24)25-16-10-5-11-17-25/h4-5,8-11,14-17,22-23,26-27,29-30,42H,2-3,6-7,12-13,18-21H2,1H3,(H,35,43)(H2,36,37,39,40)/t27-,29-,30-/m0/s1. The number of hydrogen-bond acceptors (Lipinski definition) is 9. The van der Waals surface area contributed by atoms with Gasteiger partial charge in [0.25, 0.3) is 5.91 Å². The summed E-state index contributed by atoms with van der Waals surface area (Å²) in [5.74, 6) is 1.50. The lowest BCUT2D eigenvalue weighted by atomic mass is 9.87. The van der Waals surface area contributed by atoms with Crippen molar-refractivity contribution in [2.45, 2.75) is 69.7 Å². The molecule has 1 amide bonds. The Kier molecular flexibility index (Phi) is 10.1. The number of carbonyl (C=O) groups excluding carboxylic acids is 1. The second kappa shape index (κ2) is 14.7. The first-order chi connectivity index (χ1) is 22.1. The fourth-order valence-electron chi connectivity index (χ4n) is 6.36. The molecule has 1 aliphatic heterocycles. The smallest absolute Gasteiger partial charge is 0.251 e. The second-order valence-corrected chi connectivity index (χ2v) is 11.9. The van der Waals surface area contributed by atoms with E-state index in [0.717, 1.165) is 18.9 Å². The first kappa shape index (κ1) is 30.8. The molecule has 0 radical (unpaired) electrons. The Balaban J connectivity index is 1.25. The largest absolute Gasteiger partial charge is 0.402 e. The molecule has 2 fully saturated rings. The van der Waals surface area contributed by atoms with E-state index in [9.17, 15) is 9.90 Å². The van der Waals surface area contributed by atoms with Crippen LogP contribution in [0.5, 0.6) is 0 Å². The average Bonchev–Trinajstić information content (AvgIpc) is 3.65. The number of amides is 1. The van der Waals surface area contributed by atoms with Gasteiger partial charge in [0.05, 0.1) is 6.61 Å². The molecule has 45 heavy (non-hydrogen) atoms. The van der Waals surface area contributed by atoms with Crippen LogP contribution in [0.4, 0.5) is 11.8 Å². The maximum atomic E-state index is 12.3. The number of likely N-dealkylation sites (N-methyl/N-ethyl adjacent to an activating group) is 1. The number of aliphatic hydroxyl groups is 1. The molecule has 238 valence electrons. The molecule has 11 heteroatoms. The Morgan fingerprint density at radius 3 is 2.42 bits per heavy atom. The molecular weight excluding hydrogens is 570 g/mol. The molecule has 2 aromatic heterocycles. The summed E-state index contributed by atoms with van der Waals surface area (Å²) in [6, 6.07) is 20.8. The van der Waals surface area contributed by atoms with Gasteiger partial charge in [-0.15, -0.1) is 0 Å². The van der Waals surface area contributed by atoms with Crippen LogP contribution in [0.1, 0.15) is 62.5 Å². The van der Waals surface area contributed by atoms with E-state index in [4.69, 9.17) is 19.5 Å². The Labute approximate surface area is 263 Å². The normalized spacial score (nSPS) is 20.4. The number of aliphatic hydroxyl groups excluding tert-OH is 1. The number of anilines is 2. The summed E-state index contributed by atoms with van der Waals surface area (Å²) in [6.45, 7) is 3.67. The predicted octanol–water partition coefficient (Wildman–Crippen LogP) is 4.15. The molecule has 3 heterocycles. The Morgan fingerprint density at radius 1 is 1.02 bits per heavy atom. The summed E-state index contributed by atoms with van der Waals surface area (Å²) in [7, 11) is 0. The number of aromatic nitrogens is 4. The van der Waals surface area contributed by atoms with Gasteiger partial charge in [0.2, 0.25) is 11.6 Å². The lowest BCUT2D eigenvalue weighted by molar-refractivity contribution is -0.134. The van der Waals surface area contributed by atoms with Crippen molar-refractivity contribution in [2.24, 2.45) is 5.92 Å². The van der Waals surface area contributed by atoms with Crippen molar-refractivity contribution >= 4 is 28.8 Å². The lowest BCUT2D eigenvalue weighted by Crippen LogP contribution is -2.45. The third-order valence-electron chi connectivity index (χ3n) is 8.79. The van der Waals surface area contributed by atoms with Crippen LogP contribution in [0, 0.1) is 5.92 Å². The highest BCUT2D eigenvalue weighted by atomic mass is 16.7. The molecule has 3 atom stereocenters. The number of imidazole rings is 1. The summed E-state index contributed by atoms with van der Waals surface area (Å²) >= 11 is 0. The average molecular weight is 614 g/mol. The van der Waals surface area contributed by atoms with Crippen molar-refractivity contribution in [3.8, 4) is 0 Å². The molecule has 2 aliphatic rings. The zero-order chi connectivity index (χ0) is 31.0. The van der Waals surface area contributed by atoms with E-state index in [1.54, 1.807) is 0 Å². The summed E-state index contributed by atoms with van der Waals surface area (Å²) in [6.07, 6.45) is 6.17. The summed E-state index contributed by atoms with van der Waals surface area (Å²) < 4.78 is 7.02. The van der Waals surface area contributed by atoms with E-state index < -0.39 is 18.3 Å². The molecule has 11 nitrogen and oxygen atoms in total. The van der Waals surface area contributed by atoms with Crippen LogP contribution in [0.3, 0.4) is 0 Å². The fraction of sp³-hybridized carbons (Fsp3) is 0.471. The molecule has 0 unspecified atom stereocenters. The van der Waals surface area contributed by atoms with E-state index in [1.807, 2.05) is 19.1 Å². The van der Waals surface area contributed by atoms with Crippen molar-refractivity contribution in [3.63, 3.8) is 0 Å². The van der Waals surface area contributed by atoms with Crippen LogP contribution in [-0.2, 0) is 9.53 Å². The molecular formula is C34H43N7O4. The lowest BCUT2D eigenvalue weighted by Gasteiger charge is -2.22. The molecule has 1 aliphatic carbocycles. The van der Waals surface area contributed by atoms with E-state index in [0.29, 0.717) is 36.0 Å². The summed E-state index contributed by atoms with van der Waals surface area (Å²) in [5.41, 5.74) is 3.38. The highest BCUT2D eigenvalue weighted by molar-refractivity contribution is 5.84. The van der Waals surface area contributed by atoms with Crippen LogP contribution in [0.25, 0.3) is 11.2 Å². The van der Waals surface area contributed by atoms with E-state index in [-0.39, 0.29) is 18.4 Å². The Bertz CT molecular complexity index is 1490. The van der Waals surface area contributed by atoms with Crippen LogP contribution in [-0.4, -0.2) is 75.2 Å². The molecule has 0 bridgehead atoms. The number of nitrogens with one attached hydrogen (secondary N) is 3. The molecule has 1 saturated carbocycles. The molecule has 2 aromatic carbocycles. The maximum absolute atomic E-state index is 12.3. The van der Waals surface area contributed by atoms with E-state index >= 15 is 0 Å². The maximum Gasteiger partial charge on any atom is 0.251 e. The van der Waals surface area contributed by atoms with Gasteiger partial charge >= 0.3 is 0 Å². The molecule has 6 rings (SSSR count).